The first kappa shape index (κ1) is 13.4. The van der Waals surface area contributed by atoms with Gasteiger partial charge in [0.2, 0.25) is 0 Å². The summed E-state index contributed by atoms with van der Waals surface area (Å²) in [5.41, 5.74) is 0.991. The second-order valence-corrected chi connectivity index (χ2v) is 5.12. The number of carboxylic acids is 1. The molecule has 1 aromatic carbocycles. The molecule has 0 radical (unpaired) electrons. The van der Waals surface area contributed by atoms with Crippen molar-refractivity contribution in [2.75, 3.05) is 18.0 Å². The van der Waals surface area contributed by atoms with Crippen molar-refractivity contribution in [3.8, 4) is 6.07 Å². The lowest BCUT2D eigenvalue weighted by Gasteiger charge is -2.40. The molecule has 4 heteroatoms. The van der Waals surface area contributed by atoms with Gasteiger partial charge in [0.1, 0.15) is 0 Å². The lowest BCUT2D eigenvalue weighted by Crippen LogP contribution is -2.47. The molecule has 0 aromatic heterocycles. The highest BCUT2D eigenvalue weighted by Gasteiger charge is 2.40. The van der Waals surface area contributed by atoms with Gasteiger partial charge in [-0.1, -0.05) is 6.92 Å². The fourth-order valence-electron chi connectivity index (χ4n) is 2.71. The molecule has 0 amide bonds. The van der Waals surface area contributed by atoms with Crippen LogP contribution in [0.2, 0.25) is 0 Å². The second-order valence-electron chi connectivity index (χ2n) is 5.12. The number of hydrogen-bond donors (Lipinski definition) is 1. The number of carbonyl (C=O) groups is 1. The summed E-state index contributed by atoms with van der Waals surface area (Å²) in [7, 11) is 0. The third-order valence-electron chi connectivity index (χ3n) is 4.07. The zero-order valence-corrected chi connectivity index (χ0v) is 11.1. The zero-order chi connectivity index (χ0) is 13.9. The van der Waals surface area contributed by atoms with Gasteiger partial charge in [-0.05, 0) is 43.5 Å². The van der Waals surface area contributed by atoms with E-state index in [0.717, 1.165) is 25.1 Å². The lowest BCUT2D eigenvalue weighted by molar-refractivity contribution is -0.149. The molecule has 0 aliphatic carbocycles. The highest BCUT2D eigenvalue weighted by molar-refractivity contribution is 5.76. The number of aliphatic carboxylic acids is 1. The standard InChI is InChI=1S/C15H18N2O2/c1-2-15(14(18)19)8-3-9-17(11-15)13-6-4-12(10-16)5-7-13/h4-7H,2-3,8-9,11H2,1H3,(H,18,19). The van der Waals surface area contributed by atoms with Crippen LogP contribution in [0, 0.1) is 16.7 Å². The maximum Gasteiger partial charge on any atom is 0.311 e. The topological polar surface area (TPSA) is 64.3 Å². The van der Waals surface area contributed by atoms with Gasteiger partial charge in [-0.25, -0.2) is 0 Å². The van der Waals surface area contributed by atoms with Gasteiger partial charge in [0.15, 0.2) is 0 Å². The number of hydrogen-bond acceptors (Lipinski definition) is 3. The van der Waals surface area contributed by atoms with Crippen LogP contribution in [0.5, 0.6) is 0 Å². The van der Waals surface area contributed by atoms with E-state index in [0.29, 0.717) is 18.5 Å². The number of benzene rings is 1. The molecule has 0 bridgehead atoms. The van der Waals surface area contributed by atoms with E-state index in [-0.39, 0.29) is 0 Å². The Bertz CT molecular complexity index is 504. The van der Waals surface area contributed by atoms with Gasteiger partial charge in [-0.2, -0.15) is 5.26 Å². The molecular weight excluding hydrogens is 240 g/mol. The van der Waals surface area contributed by atoms with Gasteiger partial charge >= 0.3 is 5.97 Å². The molecule has 1 unspecified atom stereocenters. The average Bonchev–Trinajstić information content (AvgIpc) is 2.47. The van der Waals surface area contributed by atoms with Crippen LogP contribution in [0.3, 0.4) is 0 Å². The molecule has 0 saturated carbocycles. The Morgan fingerprint density at radius 3 is 2.68 bits per heavy atom. The summed E-state index contributed by atoms with van der Waals surface area (Å²) in [6.07, 6.45) is 2.28. The van der Waals surface area contributed by atoms with Crippen molar-refractivity contribution in [2.24, 2.45) is 5.41 Å². The number of nitriles is 1. The van der Waals surface area contributed by atoms with Crippen molar-refractivity contribution in [3.63, 3.8) is 0 Å². The van der Waals surface area contributed by atoms with Crippen molar-refractivity contribution >= 4 is 11.7 Å². The molecule has 2 rings (SSSR count). The van der Waals surface area contributed by atoms with Gasteiger partial charge in [0.25, 0.3) is 0 Å². The maximum atomic E-state index is 11.5. The summed E-state index contributed by atoms with van der Waals surface area (Å²) in [5, 5.41) is 18.3. The van der Waals surface area contributed by atoms with Crippen molar-refractivity contribution in [2.45, 2.75) is 26.2 Å². The quantitative estimate of drug-likeness (QED) is 0.905. The van der Waals surface area contributed by atoms with Crippen LogP contribution in [0.4, 0.5) is 5.69 Å². The molecule has 1 N–H and O–H groups in total. The van der Waals surface area contributed by atoms with Gasteiger partial charge < -0.3 is 10.0 Å². The fraction of sp³-hybridized carbons (Fsp3) is 0.467. The summed E-state index contributed by atoms with van der Waals surface area (Å²) < 4.78 is 0. The molecule has 1 fully saturated rings. The predicted molar refractivity (Wildman–Crippen MR) is 73.0 cm³/mol. The zero-order valence-electron chi connectivity index (χ0n) is 11.1. The Morgan fingerprint density at radius 2 is 2.16 bits per heavy atom. The SMILES string of the molecule is CCC1(C(=O)O)CCCN(c2ccc(C#N)cc2)C1. The molecular formula is C15H18N2O2. The van der Waals surface area contributed by atoms with Crippen molar-refractivity contribution < 1.29 is 9.90 Å². The van der Waals surface area contributed by atoms with E-state index in [9.17, 15) is 9.90 Å². The minimum Gasteiger partial charge on any atom is -0.481 e. The van der Waals surface area contributed by atoms with Crippen LogP contribution < -0.4 is 4.90 Å². The third kappa shape index (κ3) is 2.55. The van der Waals surface area contributed by atoms with E-state index in [4.69, 9.17) is 5.26 Å². The average molecular weight is 258 g/mol. The van der Waals surface area contributed by atoms with Gasteiger partial charge in [0.05, 0.1) is 17.0 Å². The van der Waals surface area contributed by atoms with Crippen molar-refractivity contribution in [1.82, 2.24) is 0 Å². The maximum absolute atomic E-state index is 11.5. The van der Waals surface area contributed by atoms with E-state index in [1.54, 1.807) is 12.1 Å². The fourth-order valence-corrected chi connectivity index (χ4v) is 2.71. The molecule has 100 valence electrons. The number of piperidine rings is 1. The van der Waals surface area contributed by atoms with Gasteiger partial charge in [-0.3, -0.25) is 4.79 Å². The van der Waals surface area contributed by atoms with Gasteiger partial charge in [0, 0.05) is 18.8 Å². The Balaban J connectivity index is 2.21. The first-order valence-electron chi connectivity index (χ1n) is 6.60. The molecule has 4 nitrogen and oxygen atoms in total. The highest BCUT2D eigenvalue weighted by atomic mass is 16.4. The number of rotatable bonds is 3. The first-order chi connectivity index (χ1) is 9.11. The van der Waals surface area contributed by atoms with Gasteiger partial charge in [-0.15, -0.1) is 0 Å². The molecule has 1 heterocycles. The van der Waals surface area contributed by atoms with Crippen LogP contribution in [0.1, 0.15) is 31.7 Å². The minimum absolute atomic E-state index is 0.546. The molecule has 1 aliphatic rings. The largest absolute Gasteiger partial charge is 0.481 e. The molecule has 1 aliphatic heterocycles. The second kappa shape index (κ2) is 5.31. The third-order valence-corrected chi connectivity index (χ3v) is 4.07. The monoisotopic (exact) mass is 258 g/mol. The predicted octanol–water partition coefficient (Wildman–Crippen LogP) is 2.64. The Kier molecular flexibility index (Phi) is 3.75. The summed E-state index contributed by atoms with van der Waals surface area (Å²) in [4.78, 5) is 13.6. The smallest absolute Gasteiger partial charge is 0.311 e. The Hall–Kier alpha value is -2.02. The summed E-state index contributed by atoms with van der Waals surface area (Å²) >= 11 is 0. The van der Waals surface area contributed by atoms with Crippen molar-refractivity contribution in [1.29, 1.82) is 5.26 Å². The summed E-state index contributed by atoms with van der Waals surface area (Å²) in [6.45, 7) is 3.36. The van der Waals surface area contributed by atoms with Crippen LogP contribution in [-0.2, 0) is 4.79 Å². The van der Waals surface area contributed by atoms with E-state index >= 15 is 0 Å². The van der Waals surface area contributed by atoms with Crippen molar-refractivity contribution in [3.05, 3.63) is 29.8 Å². The highest BCUT2D eigenvalue weighted by Crippen LogP contribution is 2.35. The molecule has 1 saturated heterocycles. The summed E-state index contributed by atoms with van der Waals surface area (Å²) in [6, 6.07) is 9.43. The Morgan fingerprint density at radius 1 is 1.47 bits per heavy atom. The Labute approximate surface area is 113 Å². The number of nitrogens with zero attached hydrogens (tertiary/aromatic N) is 2. The molecule has 1 aromatic rings. The first-order valence-corrected chi connectivity index (χ1v) is 6.60. The van der Waals surface area contributed by atoms with Crippen LogP contribution in [0.15, 0.2) is 24.3 Å². The minimum atomic E-state index is -0.701. The molecule has 1 atom stereocenters. The van der Waals surface area contributed by atoms with E-state index in [2.05, 4.69) is 11.0 Å². The lowest BCUT2D eigenvalue weighted by atomic mass is 9.77. The number of anilines is 1. The molecule has 19 heavy (non-hydrogen) atoms. The molecule has 0 spiro atoms. The van der Waals surface area contributed by atoms with E-state index < -0.39 is 11.4 Å². The van der Waals surface area contributed by atoms with E-state index in [1.165, 1.54) is 0 Å². The summed E-state index contributed by atoms with van der Waals surface area (Å²) in [5.74, 6) is -0.701. The van der Waals surface area contributed by atoms with Crippen LogP contribution >= 0.6 is 0 Å². The normalized spacial score (nSPS) is 22.8. The van der Waals surface area contributed by atoms with Crippen LogP contribution in [-0.4, -0.2) is 24.2 Å². The van der Waals surface area contributed by atoms with E-state index in [1.807, 2.05) is 19.1 Å². The van der Waals surface area contributed by atoms with Crippen LogP contribution in [0.25, 0.3) is 0 Å². The number of carboxylic acid groups (broad SMARTS) is 1.